The smallest absolute Gasteiger partial charge is 0.152 e. The molecule has 0 bridgehead atoms. The molecule has 90 valence electrons. The first-order valence-electron chi connectivity index (χ1n) is 5.77. The zero-order valence-electron chi connectivity index (χ0n) is 10.1. The van der Waals surface area contributed by atoms with E-state index in [1.165, 1.54) is 0 Å². The van der Waals surface area contributed by atoms with Gasteiger partial charge in [-0.15, -0.1) is 21.8 Å². The van der Waals surface area contributed by atoms with E-state index in [0.29, 0.717) is 11.8 Å². The van der Waals surface area contributed by atoms with Crippen molar-refractivity contribution in [2.45, 2.75) is 26.1 Å². The molecule has 0 aliphatic rings. The number of para-hydroxylation sites is 1. The molecule has 17 heavy (non-hydrogen) atoms. The van der Waals surface area contributed by atoms with Crippen molar-refractivity contribution in [1.82, 2.24) is 14.8 Å². The Labute approximate surface area is 106 Å². The minimum absolute atomic E-state index is 0.375. The summed E-state index contributed by atoms with van der Waals surface area (Å²) in [6, 6.07) is 10.1. The van der Waals surface area contributed by atoms with Gasteiger partial charge in [0.1, 0.15) is 5.82 Å². The number of alkyl halides is 1. The molecule has 0 N–H and O–H groups in total. The van der Waals surface area contributed by atoms with E-state index >= 15 is 0 Å². The largest absolute Gasteiger partial charge is 0.282 e. The van der Waals surface area contributed by atoms with E-state index in [-0.39, 0.29) is 0 Å². The molecule has 1 aromatic heterocycles. The van der Waals surface area contributed by atoms with E-state index in [1.54, 1.807) is 0 Å². The van der Waals surface area contributed by atoms with Gasteiger partial charge in [-0.3, -0.25) is 4.57 Å². The van der Waals surface area contributed by atoms with Crippen LogP contribution in [-0.2, 0) is 12.3 Å². The molecule has 0 amide bonds. The Kier molecular flexibility index (Phi) is 3.79. The van der Waals surface area contributed by atoms with E-state index in [9.17, 15) is 0 Å². The third-order valence-electron chi connectivity index (χ3n) is 2.52. The van der Waals surface area contributed by atoms with Crippen molar-refractivity contribution in [3.8, 4) is 5.69 Å². The summed E-state index contributed by atoms with van der Waals surface area (Å²) in [7, 11) is 0. The van der Waals surface area contributed by atoms with Crippen LogP contribution in [0.2, 0.25) is 0 Å². The maximum atomic E-state index is 5.91. The molecule has 0 radical (unpaired) electrons. The Morgan fingerprint density at radius 3 is 2.35 bits per heavy atom. The van der Waals surface area contributed by atoms with Gasteiger partial charge in [-0.25, -0.2) is 0 Å². The van der Waals surface area contributed by atoms with E-state index in [1.807, 2.05) is 34.9 Å². The SMILES string of the molecule is CC(C)Cc1nnc(CCl)n1-c1ccccc1. The molecular weight excluding hydrogens is 234 g/mol. The van der Waals surface area contributed by atoms with Crippen LogP contribution in [0.5, 0.6) is 0 Å². The molecule has 0 spiro atoms. The first-order chi connectivity index (χ1) is 8.22. The molecule has 1 aromatic carbocycles. The van der Waals surface area contributed by atoms with Crippen molar-refractivity contribution in [2.75, 3.05) is 0 Å². The van der Waals surface area contributed by atoms with Crippen LogP contribution in [0.3, 0.4) is 0 Å². The highest BCUT2D eigenvalue weighted by atomic mass is 35.5. The molecular formula is C13H16ClN3. The Morgan fingerprint density at radius 1 is 1.12 bits per heavy atom. The van der Waals surface area contributed by atoms with Gasteiger partial charge >= 0.3 is 0 Å². The standard InChI is InChI=1S/C13H16ClN3/c1-10(2)8-12-15-16-13(9-14)17(12)11-6-4-3-5-7-11/h3-7,10H,8-9H2,1-2H3. The van der Waals surface area contributed by atoms with Crippen molar-refractivity contribution >= 4 is 11.6 Å². The number of aromatic nitrogens is 3. The second-order valence-corrected chi connectivity index (χ2v) is 4.70. The van der Waals surface area contributed by atoms with Gasteiger partial charge in [0.05, 0.1) is 5.88 Å². The fourth-order valence-electron chi connectivity index (χ4n) is 1.81. The monoisotopic (exact) mass is 249 g/mol. The van der Waals surface area contributed by atoms with E-state index < -0.39 is 0 Å². The Hall–Kier alpha value is -1.35. The first kappa shape index (κ1) is 12.1. The molecule has 0 saturated heterocycles. The normalized spacial score (nSPS) is 11.1. The Balaban J connectivity index is 2.46. The summed E-state index contributed by atoms with van der Waals surface area (Å²) in [6.07, 6.45) is 0.902. The molecule has 4 heteroatoms. The zero-order chi connectivity index (χ0) is 12.3. The third kappa shape index (κ3) is 2.67. The molecule has 0 atom stereocenters. The van der Waals surface area contributed by atoms with Crippen molar-refractivity contribution in [3.05, 3.63) is 42.0 Å². The van der Waals surface area contributed by atoms with Gasteiger partial charge in [-0.1, -0.05) is 32.0 Å². The zero-order valence-corrected chi connectivity index (χ0v) is 10.9. The number of nitrogens with zero attached hydrogens (tertiary/aromatic N) is 3. The second kappa shape index (κ2) is 5.32. The van der Waals surface area contributed by atoms with Crippen LogP contribution in [0.1, 0.15) is 25.5 Å². The van der Waals surface area contributed by atoms with Crippen molar-refractivity contribution in [3.63, 3.8) is 0 Å². The fourth-order valence-corrected chi connectivity index (χ4v) is 1.99. The number of benzene rings is 1. The average Bonchev–Trinajstić information content (AvgIpc) is 2.72. The molecule has 2 aromatic rings. The van der Waals surface area contributed by atoms with E-state index in [4.69, 9.17) is 11.6 Å². The maximum Gasteiger partial charge on any atom is 0.152 e. The van der Waals surface area contributed by atoms with E-state index in [0.717, 1.165) is 23.8 Å². The van der Waals surface area contributed by atoms with Crippen LogP contribution in [-0.4, -0.2) is 14.8 Å². The van der Waals surface area contributed by atoms with Crippen LogP contribution in [0.4, 0.5) is 0 Å². The number of halogens is 1. The van der Waals surface area contributed by atoms with E-state index in [2.05, 4.69) is 24.0 Å². The first-order valence-corrected chi connectivity index (χ1v) is 6.30. The van der Waals surface area contributed by atoms with Gasteiger partial charge < -0.3 is 0 Å². The average molecular weight is 250 g/mol. The summed E-state index contributed by atoms with van der Waals surface area (Å²) < 4.78 is 2.05. The fraction of sp³-hybridized carbons (Fsp3) is 0.385. The molecule has 3 nitrogen and oxygen atoms in total. The highest BCUT2D eigenvalue weighted by molar-refractivity contribution is 6.16. The molecule has 0 aliphatic heterocycles. The molecule has 0 saturated carbocycles. The lowest BCUT2D eigenvalue weighted by Crippen LogP contribution is -2.07. The molecule has 2 rings (SSSR count). The maximum absolute atomic E-state index is 5.91. The summed E-state index contributed by atoms with van der Waals surface area (Å²) in [6.45, 7) is 4.34. The van der Waals surface area contributed by atoms with Crippen molar-refractivity contribution in [2.24, 2.45) is 5.92 Å². The lowest BCUT2D eigenvalue weighted by Gasteiger charge is -2.10. The highest BCUT2D eigenvalue weighted by Gasteiger charge is 2.13. The number of hydrogen-bond donors (Lipinski definition) is 0. The summed E-state index contributed by atoms with van der Waals surface area (Å²) >= 11 is 5.91. The van der Waals surface area contributed by atoms with Crippen LogP contribution in [0.15, 0.2) is 30.3 Å². The van der Waals surface area contributed by atoms with Gasteiger partial charge in [0, 0.05) is 12.1 Å². The minimum atomic E-state index is 0.375. The Morgan fingerprint density at radius 2 is 1.76 bits per heavy atom. The summed E-state index contributed by atoms with van der Waals surface area (Å²) in [5, 5.41) is 8.38. The van der Waals surface area contributed by atoms with Gasteiger partial charge in [0.2, 0.25) is 0 Å². The number of hydrogen-bond acceptors (Lipinski definition) is 2. The van der Waals surface area contributed by atoms with Gasteiger partial charge in [-0.05, 0) is 18.1 Å². The number of rotatable bonds is 4. The summed E-state index contributed by atoms with van der Waals surface area (Å²) in [5.74, 6) is 2.69. The Bertz CT molecular complexity index is 477. The van der Waals surface area contributed by atoms with Gasteiger partial charge in [0.25, 0.3) is 0 Å². The summed E-state index contributed by atoms with van der Waals surface area (Å²) in [4.78, 5) is 0. The lowest BCUT2D eigenvalue weighted by molar-refractivity contribution is 0.611. The second-order valence-electron chi connectivity index (χ2n) is 4.44. The molecule has 0 aliphatic carbocycles. The van der Waals surface area contributed by atoms with Crippen molar-refractivity contribution < 1.29 is 0 Å². The molecule has 1 heterocycles. The molecule has 0 unspecified atom stereocenters. The third-order valence-corrected chi connectivity index (χ3v) is 2.76. The topological polar surface area (TPSA) is 30.7 Å². The lowest BCUT2D eigenvalue weighted by atomic mass is 10.1. The summed E-state index contributed by atoms with van der Waals surface area (Å²) in [5.41, 5.74) is 1.07. The van der Waals surface area contributed by atoms with Crippen LogP contribution < -0.4 is 0 Å². The van der Waals surface area contributed by atoms with Crippen molar-refractivity contribution in [1.29, 1.82) is 0 Å². The van der Waals surface area contributed by atoms with Crippen LogP contribution >= 0.6 is 11.6 Å². The van der Waals surface area contributed by atoms with Gasteiger partial charge in [-0.2, -0.15) is 0 Å². The highest BCUT2D eigenvalue weighted by Crippen LogP contribution is 2.16. The quantitative estimate of drug-likeness (QED) is 0.779. The van der Waals surface area contributed by atoms with Crippen LogP contribution in [0, 0.1) is 5.92 Å². The van der Waals surface area contributed by atoms with Gasteiger partial charge in [0.15, 0.2) is 5.82 Å². The predicted molar refractivity (Wildman–Crippen MR) is 69.5 cm³/mol. The molecule has 0 fully saturated rings. The minimum Gasteiger partial charge on any atom is -0.282 e. The predicted octanol–water partition coefficient (Wildman–Crippen LogP) is 3.20. The van der Waals surface area contributed by atoms with Crippen LogP contribution in [0.25, 0.3) is 5.69 Å².